The second-order valence-corrected chi connectivity index (χ2v) is 3.12. The molecule has 1 aliphatic carbocycles. The molecule has 1 saturated carbocycles. The van der Waals surface area contributed by atoms with Crippen molar-refractivity contribution in [3.63, 3.8) is 0 Å². The van der Waals surface area contributed by atoms with Crippen LogP contribution in [-0.2, 0) is 70.2 Å². The molecule has 3 heteroatoms. The average Bonchev–Trinajstić information content (AvgIpc) is 1.90. The zero-order valence-electron chi connectivity index (χ0n) is 7.55. The summed E-state index contributed by atoms with van der Waals surface area (Å²) in [6.45, 7) is 2.33. The van der Waals surface area contributed by atoms with Gasteiger partial charge in [0.2, 0.25) is 0 Å². The molecule has 0 bridgehead atoms. The van der Waals surface area contributed by atoms with Gasteiger partial charge >= 0.3 is 0 Å². The third kappa shape index (κ3) is 6.27. The van der Waals surface area contributed by atoms with Crippen LogP contribution < -0.4 is 0 Å². The summed E-state index contributed by atoms with van der Waals surface area (Å²) in [4.78, 5) is 0. The van der Waals surface area contributed by atoms with Gasteiger partial charge in [-0.1, -0.05) is 6.92 Å². The molecule has 1 rings (SSSR count). The molecule has 60 valence electrons. The second kappa shape index (κ2) is 8.75. The molecule has 0 N–H and O–H groups in total. The average molecular weight is 306 g/mol. The maximum absolute atomic E-state index is 5.24. The third-order valence-electron chi connectivity index (χ3n) is 2.30. The van der Waals surface area contributed by atoms with E-state index in [2.05, 4.69) is 6.92 Å². The molecular weight excluding hydrogens is 290 g/mol. The monoisotopic (exact) mass is 306 g/mol. The van der Waals surface area contributed by atoms with E-state index >= 15 is 0 Å². The minimum atomic E-state index is 0. The topological polar surface area (TPSA) is 9.23 Å². The minimum Gasteiger partial charge on any atom is -0.381 e. The Morgan fingerprint density at radius 1 is 1.00 bits per heavy atom. The Kier molecular flexibility index (Phi) is 12.4. The first-order valence-corrected chi connectivity index (χ1v) is 3.85. The van der Waals surface area contributed by atoms with Crippen LogP contribution in [0.15, 0.2) is 0 Å². The van der Waals surface area contributed by atoms with Crippen molar-refractivity contribution >= 4 is 0 Å². The summed E-state index contributed by atoms with van der Waals surface area (Å²) < 4.78 is 5.24. The van der Waals surface area contributed by atoms with E-state index < -0.39 is 0 Å². The Morgan fingerprint density at radius 3 is 1.82 bits per heavy atom. The predicted octanol–water partition coefficient (Wildman–Crippen LogP) is 2.21. The zero-order chi connectivity index (χ0) is 6.69. The van der Waals surface area contributed by atoms with Crippen molar-refractivity contribution in [1.29, 1.82) is 0 Å². The molecule has 0 aliphatic heterocycles. The van der Waals surface area contributed by atoms with Crippen LogP contribution in [0, 0.1) is 5.92 Å². The molecule has 0 atom stereocenters. The summed E-state index contributed by atoms with van der Waals surface area (Å²) in [5.41, 5.74) is 0. The van der Waals surface area contributed by atoms with Crippen LogP contribution in [0.3, 0.4) is 0 Å². The third-order valence-corrected chi connectivity index (χ3v) is 2.30. The van der Waals surface area contributed by atoms with Crippen molar-refractivity contribution in [3.8, 4) is 0 Å². The fraction of sp³-hybridized carbons (Fsp3) is 1.00. The van der Waals surface area contributed by atoms with E-state index in [1.807, 2.05) is 7.11 Å². The Hall–Kier alpha value is 2.17. The number of methoxy groups -OCH3 is 1. The molecule has 0 aromatic heterocycles. The van der Waals surface area contributed by atoms with Gasteiger partial charge in [-0.3, -0.25) is 0 Å². The summed E-state index contributed by atoms with van der Waals surface area (Å²) in [6, 6.07) is 0. The van der Waals surface area contributed by atoms with Crippen LogP contribution in [0.5, 0.6) is 0 Å². The predicted molar refractivity (Wildman–Crippen MR) is 38.4 cm³/mol. The molecule has 0 saturated heterocycles. The van der Waals surface area contributed by atoms with E-state index in [1.165, 1.54) is 25.7 Å². The van der Waals surface area contributed by atoms with E-state index in [1.54, 1.807) is 0 Å². The molecule has 0 unspecified atom stereocenters. The summed E-state index contributed by atoms with van der Waals surface area (Å²) in [7, 11) is 1.82. The molecule has 1 aliphatic rings. The molecule has 1 nitrogen and oxygen atoms in total. The van der Waals surface area contributed by atoms with Crippen LogP contribution in [0.25, 0.3) is 0 Å². The molecule has 0 heterocycles. The summed E-state index contributed by atoms with van der Waals surface area (Å²) in [5.74, 6) is 0.941. The quantitative estimate of drug-likeness (QED) is 0.722. The zero-order valence-corrected chi connectivity index (χ0v) is 13.2. The van der Waals surface area contributed by atoms with Gasteiger partial charge in [0.1, 0.15) is 0 Å². The van der Waals surface area contributed by atoms with Crippen LogP contribution in [0.2, 0.25) is 0 Å². The van der Waals surface area contributed by atoms with Gasteiger partial charge in [-0.05, 0) is 31.6 Å². The molecule has 11 heavy (non-hydrogen) atoms. The first-order chi connectivity index (χ1) is 4.33. The molecule has 0 aromatic rings. The molecule has 0 amide bonds. The van der Waals surface area contributed by atoms with Crippen LogP contribution in [-0.4, -0.2) is 13.2 Å². The Labute approximate surface area is 120 Å². The van der Waals surface area contributed by atoms with Gasteiger partial charge in [0.25, 0.3) is 0 Å². The Bertz CT molecular complexity index is 80.2. The molecule has 0 spiro atoms. The van der Waals surface area contributed by atoms with Crippen LogP contribution >= 0.6 is 0 Å². The number of hydrogen-bond donors (Lipinski definition) is 0. The number of ether oxygens (including phenoxy) is 1. The van der Waals surface area contributed by atoms with Gasteiger partial charge in [-0.2, -0.15) is 0 Å². The van der Waals surface area contributed by atoms with Crippen molar-refractivity contribution in [2.45, 2.75) is 38.7 Å². The molecule has 0 aromatic carbocycles. The van der Waals surface area contributed by atoms with Gasteiger partial charge < -0.3 is 4.74 Å². The maximum Gasteiger partial charge on any atom is 0.0571 e. The van der Waals surface area contributed by atoms with Crippen molar-refractivity contribution < 1.29 is 70.2 Å². The van der Waals surface area contributed by atoms with Crippen molar-refractivity contribution in [2.75, 3.05) is 7.11 Å². The fourth-order valence-corrected chi connectivity index (χ4v) is 1.47. The minimum absolute atomic E-state index is 0. The van der Waals surface area contributed by atoms with Crippen molar-refractivity contribution in [1.82, 2.24) is 0 Å². The van der Waals surface area contributed by atoms with Crippen LogP contribution in [0.1, 0.15) is 32.6 Å². The maximum atomic E-state index is 5.24. The standard InChI is InChI=1S/C8H16O.2Y/c1-7-3-5-8(9-2)6-4-7;;/h7-8H,3-6H2,1-2H3;;. The van der Waals surface area contributed by atoms with Gasteiger partial charge in [0.05, 0.1) is 6.10 Å². The summed E-state index contributed by atoms with van der Waals surface area (Å²) in [6.07, 6.45) is 5.84. The smallest absolute Gasteiger partial charge is 0.0571 e. The van der Waals surface area contributed by atoms with Gasteiger partial charge in [0.15, 0.2) is 0 Å². The molecule has 2 radical (unpaired) electrons. The summed E-state index contributed by atoms with van der Waals surface area (Å²) >= 11 is 0. The van der Waals surface area contributed by atoms with Gasteiger partial charge in [-0.25, -0.2) is 0 Å². The van der Waals surface area contributed by atoms with Crippen LogP contribution in [0.4, 0.5) is 0 Å². The van der Waals surface area contributed by atoms with E-state index in [0.717, 1.165) is 5.92 Å². The molecule has 1 fully saturated rings. The molecular formula is C8H16OY2. The number of rotatable bonds is 1. The van der Waals surface area contributed by atoms with E-state index in [4.69, 9.17) is 4.74 Å². The van der Waals surface area contributed by atoms with E-state index in [9.17, 15) is 0 Å². The largest absolute Gasteiger partial charge is 0.381 e. The fourth-order valence-electron chi connectivity index (χ4n) is 1.47. The van der Waals surface area contributed by atoms with Crippen molar-refractivity contribution in [3.05, 3.63) is 0 Å². The van der Waals surface area contributed by atoms with E-state index in [0.29, 0.717) is 6.10 Å². The van der Waals surface area contributed by atoms with Gasteiger partial charge in [-0.15, -0.1) is 0 Å². The Morgan fingerprint density at radius 2 is 1.45 bits per heavy atom. The Balaban J connectivity index is 0. The number of hydrogen-bond acceptors (Lipinski definition) is 1. The van der Waals surface area contributed by atoms with Crippen molar-refractivity contribution in [2.24, 2.45) is 5.92 Å². The second-order valence-electron chi connectivity index (χ2n) is 3.12. The summed E-state index contributed by atoms with van der Waals surface area (Å²) in [5, 5.41) is 0. The first-order valence-electron chi connectivity index (χ1n) is 3.85. The van der Waals surface area contributed by atoms with Gasteiger partial charge in [0, 0.05) is 72.5 Å². The van der Waals surface area contributed by atoms with E-state index in [-0.39, 0.29) is 65.4 Å². The first kappa shape index (κ1) is 15.6. The normalized spacial score (nSPS) is 30.0. The SMILES string of the molecule is COC1CCC(C)CC1.[Y].[Y].